The molecule has 6 heteroatoms. The lowest BCUT2D eigenvalue weighted by atomic mass is 9.89. The van der Waals surface area contributed by atoms with Crippen molar-refractivity contribution in [1.82, 2.24) is 10.2 Å². The Kier molecular flexibility index (Phi) is 6.55. The van der Waals surface area contributed by atoms with Crippen LogP contribution in [0.2, 0.25) is 5.02 Å². The predicted octanol–water partition coefficient (Wildman–Crippen LogP) is 4.56. The van der Waals surface area contributed by atoms with E-state index in [1.807, 2.05) is 36.3 Å². The van der Waals surface area contributed by atoms with Gasteiger partial charge in [0, 0.05) is 23.5 Å². The number of halogens is 1. The molecule has 1 atom stereocenters. The SMILES string of the molecule is CC(C)[C@@H](NC(=O)c1ccsc1)C(=O)N1CCC(c2ccc(Cl)cc2)CC1. The molecule has 0 unspecified atom stereocenters. The third kappa shape index (κ3) is 4.90. The Morgan fingerprint density at radius 3 is 2.37 bits per heavy atom. The van der Waals surface area contributed by atoms with Crippen molar-refractivity contribution in [3.05, 3.63) is 57.2 Å². The molecule has 1 N–H and O–H groups in total. The Hall–Kier alpha value is -1.85. The second kappa shape index (κ2) is 8.89. The van der Waals surface area contributed by atoms with Crippen LogP contribution in [-0.2, 0) is 4.79 Å². The molecule has 0 radical (unpaired) electrons. The molecule has 0 bridgehead atoms. The lowest BCUT2D eigenvalue weighted by Crippen LogP contribution is -2.52. The molecule has 1 saturated heterocycles. The quantitative estimate of drug-likeness (QED) is 0.793. The highest BCUT2D eigenvalue weighted by Crippen LogP contribution is 2.29. The summed E-state index contributed by atoms with van der Waals surface area (Å²) >= 11 is 7.45. The standard InChI is InChI=1S/C21H25ClN2O2S/c1-14(2)19(23-20(25)17-9-12-27-13-17)21(26)24-10-7-16(8-11-24)15-3-5-18(22)6-4-15/h3-6,9,12-14,16,19H,7-8,10-11H2,1-2H3,(H,23,25)/t19-/m1/s1. The number of nitrogens with zero attached hydrogens (tertiary/aromatic N) is 1. The first-order chi connectivity index (χ1) is 13.0. The van der Waals surface area contributed by atoms with E-state index in [1.165, 1.54) is 16.9 Å². The number of thiophene rings is 1. The Morgan fingerprint density at radius 2 is 1.81 bits per heavy atom. The minimum Gasteiger partial charge on any atom is -0.341 e. The van der Waals surface area contributed by atoms with E-state index in [2.05, 4.69) is 17.4 Å². The van der Waals surface area contributed by atoms with Gasteiger partial charge in [0.05, 0.1) is 5.56 Å². The number of piperidine rings is 1. The van der Waals surface area contributed by atoms with E-state index in [9.17, 15) is 9.59 Å². The summed E-state index contributed by atoms with van der Waals surface area (Å²) in [7, 11) is 0. The zero-order valence-electron chi connectivity index (χ0n) is 15.7. The van der Waals surface area contributed by atoms with Crippen LogP contribution < -0.4 is 5.32 Å². The van der Waals surface area contributed by atoms with E-state index in [-0.39, 0.29) is 17.7 Å². The predicted molar refractivity (Wildman–Crippen MR) is 110 cm³/mol. The molecule has 0 spiro atoms. The summed E-state index contributed by atoms with van der Waals surface area (Å²) in [5.74, 6) is 0.320. The first-order valence-corrected chi connectivity index (χ1v) is 10.6. The van der Waals surface area contributed by atoms with Gasteiger partial charge in [0.25, 0.3) is 5.91 Å². The molecule has 0 aliphatic carbocycles. The summed E-state index contributed by atoms with van der Waals surface area (Å²) in [5.41, 5.74) is 1.89. The maximum Gasteiger partial charge on any atom is 0.252 e. The minimum absolute atomic E-state index is 0.0168. The maximum absolute atomic E-state index is 13.0. The molecule has 1 aromatic carbocycles. The highest BCUT2D eigenvalue weighted by atomic mass is 35.5. The van der Waals surface area contributed by atoms with E-state index in [0.717, 1.165) is 17.9 Å². The molecule has 27 heavy (non-hydrogen) atoms. The summed E-state index contributed by atoms with van der Waals surface area (Å²) < 4.78 is 0. The smallest absolute Gasteiger partial charge is 0.252 e. The van der Waals surface area contributed by atoms with Crippen molar-refractivity contribution in [2.75, 3.05) is 13.1 Å². The summed E-state index contributed by atoms with van der Waals surface area (Å²) in [4.78, 5) is 27.3. The molecule has 2 amide bonds. The van der Waals surface area contributed by atoms with Gasteiger partial charge >= 0.3 is 0 Å². The molecule has 2 heterocycles. The third-order valence-corrected chi connectivity index (χ3v) is 6.09. The molecule has 1 aromatic heterocycles. The van der Waals surface area contributed by atoms with Crippen molar-refractivity contribution >= 4 is 34.8 Å². The monoisotopic (exact) mass is 404 g/mol. The zero-order valence-corrected chi connectivity index (χ0v) is 17.2. The molecule has 1 fully saturated rings. The van der Waals surface area contributed by atoms with E-state index in [4.69, 9.17) is 11.6 Å². The largest absolute Gasteiger partial charge is 0.341 e. The van der Waals surface area contributed by atoms with Gasteiger partial charge in [0.15, 0.2) is 0 Å². The van der Waals surface area contributed by atoms with Gasteiger partial charge in [-0.1, -0.05) is 37.6 Å². The summed E-state index contributed by atoms with van der Waals surface area (Å²) in [6.45, 7) is 5.36. The van der Waals surface area contributed by atoms with E-state index in [1.54, 1.807) is 11.4 Å². The fourth-order valence-electron chi connectivity index (χ4n) is 3.50. The highest BCUT2D eigenvalue weighted by Gasteiger charge is 2.31. The summed E-state index contributed by atoms with van der Waals surface area (Å²) in [5, 5.41) is 7.33. The number of carbonyl (C=O) groups excluding carboxylic acids is 2. The number of benzene rings is 1. The second-order valence-electron chi connectivity index (χ2n) is 7.36. The normalized spacial score (nSPS) is 16.4. The number of nitrogens with one attached hydrogen (secondary N) is 1. The van der Waals surface area contributed by atoms with Crippen molar-refractivity contribution in [2.45, 2.75) is 38.6 Å². The van der Waals surface area contributed by atoms with Crippen molar-refractivity contribution in [2.24, 2.45) is 5.92 Å². The molecule has 4 nitrogen and oxygen atoms in total. The van der Waals surface area contributed by atoms with Crippen LogP contribution >= 0.6 is 22.9 Å². The Bertz CT molecular complexity index is 766. The third-order valence-electron chi connectivity index (χ3n) is 5.15. The molecule has 1 aliphatic rings. The van der Waals surface area contributed by atoms with E-state index >= 15 is 0 Å². The topological polar surface area (TPSA) is 49.4 Å². The lowest BCUT2D eigenvalue weighted by Gasteiger charge is -2.35. The number of amides is 2. The van der Waals surface area contributed by atoms with Gasteiger partial charge in [-0.3, -0.25) is 9.59 Å². The van der Waals surface area contributed by atoms with E-state index in [0.29, 0.717) is 24.6 Å². The van der Waals surface area contributed by atoms with Crippen LogP contribution in [0.5, 0.6) is 0 Å². The van der Waals surface area contributed by atoms with Crippen molar-refractivity contribution in [3.63, 3.8) is 0 Å². The van der Waals surface area contributed by atoms with Crippen LogP contribution in [0.4, 0.5) is 0 Å². The van der Waals surface area contributed by atoms with Crippen LogP contribution in [0.3, 0.4) is 0 Å². The maximum atomic E-state index is 13.0. The second-order valence-corrected chi connectivity index (χ2v) is 8.57. The molecular weight excluding hydrogens is 380 g/mol. The van der Waals surface area contributed by atoms with Crippen LogP contribution in [0, 0.1) is 5.92 Å². The average molecular weight is 405 g/mol. The Labute approximate surface area is 169 Å². The lowest BCUT2D eigenvalue weighted by molar-refractivity contribution is -0.135. The zero-order chi connectivity index (χ0) is 19.4. The average Bonchev–Trinajstić information content (AvgIpc) is 3.21. The molecule has 2 aromatic rings. The number of hydrogen-bond acceptors (Lipinski definition) is 3. The van der Waals surface area contributed by atoms with Crippen molar-refractivity contribution < 1.29 is 9.59 Å². The van der Waals surface area contributed by atoms with Crippen LogP contribution in [0.1, 0.15) is 48.5 Å². The molecular formula is C21H25ClN2O2S. The number of likely N-dealkylation sites (tertiary alicyclic amines) is 1. The molecule has 3 rings (SSSR count). The first kappa shape index (κ1) is 19.9. The van der Waals surface area contributed by atoms with Gasteiger partial charge in [-0.15, -0.1) is 0 Å². The van der Waals surface area contributed by atoms with Crippen molar-refractivity contribution in [1.29, 1.82) is 0 Å². The highest BCUT2D eigenvalue weighted by molar-refractivity contribution is 7.08. The van der Waals surface area contributed by atoms with Gasteiger partial charge < -0.3 is 10.2 Å². The first-order valence-electron chi connectivity index (χ1n) is 9.33. The fraction of sp³-hybridized carbons (Fsp3) is 0.429. The van der Waals surface area contributed by atoms with Crippen molar-refractivity contribution in [3.8, 4) is 0 Å². The van der Waals surface area contributed by atoms with Crippen LogP contribution in [0.15, 0.2) is 41.1 Å². The van der Waals surface area contributed by atoms with Crippen LogP contribution in [0.25, 0.3) is 0 Å². The van der Waals surface area contributed by atoms with Crippen LogP contribution in [-0.4, -0.2) is 35.8 Å². The Morgan fingerprint density at radius 1 is 1.15 bits per heavy atom. The summed E-state index contributed by atoms with van der Waals surface area (Å²) in [6, 6.07) is 9.26. The van der Waals surface area contributed by atoms with Gasteiger partial charge in [0.2, 0.25) is 5.91 Å². The Balaban J connectivity index is 1.60. The van der Waals surface area contributed by atoms with Gasteiger partial charge in [-0.25, -0.2) is 0 Å². The minimum atomic E-state index is -0.496. The molecule has 144 valence electrons. The van der Waals surface area contributed by atoms with E-state index < -0.39 is 6.04 Å². The number of hydrogen-bond donors (Lipinski definition) is 1. The number of rotatable bonds is 5. The molecule has 0 saturated carbocycles. The molecule has 1 aliphatic heterocycles. The fourth-order valence-corrected chi connectivity index (χ4v) is 4.26. The van der Waals surface area contributed by atoms with Gasteiger partial charge in [0.1, 0.15) is 6.04 Å². The summed E-state index contributed by atoms with van der Waals surface area (Å²) in [6.07, 6.45) is 1.85. The van der Waals surface area contributed by atoms with Gasteiger partial charge in [-0.2, -0.15) is 11.3 Å². The number of carbonyl (C=O) groups is 2. The van der Waals surface area contributed by atoms with Gasteiger partial charge in [-0.05, 0) is 53.8 Å².